The van der Waals surface area contributed by atoms with E-state index in [-0.39, 0.29) is 18.0 Å². The van der Waals surface area contributed by atoms with Crippen molar-refractivity contribution in [3.63, 3.8) is 0 Å². The first-order valence-corrected chi connectivity index (χ1v) is 8.16. The lowest BCUT2D eigenvalue weighted by atomic mass is 9.74. The number of carbonyl (C=O) groups is 1. The number of amidine groups is 1. The quantitative estimate of drug-likeness (QED) is 0.737. The van der Waals surface area contributed by atoms with Crippen LogP contribution in [0, 0.1) is 5.92 Å². The molecule has 3 rings (SSSR count). The highest BCUT2D eigenvalue weighted by atomic mass is 19.4. The van der Waals surface area contributed by atoms with Gasteiger partial charge in [0.15, 0.2) is 6.10 Å². The van der Waals surface area contributed by atoms with Gasteiger partial charge in [0.25, 0.3) is 6.02 Å². The molecule has 0 aromatic rings. The van der Waals surface area contributed by atoms with Gasteiger partial charge in [-0.3, -0.25) is 4.79 Å². The molecule has 3 atom stereocenters. The van der Waals surface area contributed by atoms with Gasteiger partial charge in [-0.05, 0) is 25.3 Å². The molecule has 144 valence electrons. The predicted molar refractivity (Wildman–Crippen MR) is 82.4 cm³/mol. The van der Waals surface area contributed by atoms with Crippen LogP contribution in [0.4, 0.5) is 22.0 Å². The van der Waals surface area contributed by atoms with E-state index in [4.69, 9.17) is 5.73 Å². The number of halogens is 5. The summed E-state index contributed by atoms with van der Waals surface area (Å²) in [5.41, 5.74) is 3.40. The molecular formula is C16H18F5N3O2. The SMILES string of the molecule is NC1=NC(CF)(C2CC(C(=O)NC3CC3)=CC=C2F)CC(C(F)(F)F)O1. The Morgan fingerprint density at radius 1 is 1.38 bits per heavy atom. The van der Waals surface area contributed by atoms with Gasteiger partial charge in [0.2, 0.25) is 5.91 Å². The third kappa shape index (κ3) is 3.68. The van der Waals surface area contributed by atoms with Gasteiger partial charge in [-0.25, -0.2) is 13.8 Å². The number of ether oxygens (including phenoxy) is 1. The molecule has 5 nitrogen and oxygen atoms in total. The first-order valence-electron chi connectivity index (χ1n) is 8.16. The van der Waals surface area contributed by atoms with Crippen LogP contribution in [0.1, 0.15) is 25.7 Å². The van der Waals surface area contributed by atoms with Gasteiger partial charge in [-0.2, -0.15) is 13.2 Å². The molecule has 0 saturated heterocycles. The lowest BCUT2D eigenvalue weighted by Crippen LogP contribution is -2.53. The minimum absolute atomic E-state index is 0.0547. The van der Waals surface area contributed by atoms with Crippen molar-refractivity contribution < 1.29 is 31.5 Å². The van der Waals surface area contributed by atoms with E-state index in [1.807, 2.05) is 0 Å². The van der Waals surface area contributed by atoms with Crippen LogP contribution < -0.4 is 11.1 Å². The number of allylic oxidation sites excluding steroid dienone is 2. The van der Waals surface area contributed by atoms with Crippen LogP contribution in [0.3, 0.4) is 0 Å². The Kier molecular flexibility index (Phi) is 4.70. The zero-order chi connectivity index (χ0) is 19.1. The van der Waals surface area contributed by atoms with E-state index in [9.17, 15) is 26.7 Å². The van der Waals surface area contributed by atoms with Crippen LogP contribution in [0.15, 0.2) is 28.5 Å². The number of nitrogens with two attached hydrogens (primary N) is 1. The molecule has 1 fully saturated rings. The average molecular weight is 379 g/mol. The molecule has 1 amide bonds. The van der Waals surface area contributed by atoms with Gasteiger partial charge >= 0.3 is 6.18 Å². The molecule has 10 heteroatoms. The van der Waals surface area contributed by atoms with Crippen molar-refractivity contribution in [3.05, 3.63) is 23.6 Å². The Balaban J connectivity index is 1.87. The Labute approximate surface area is 146 Å². The normalized spacial score (nSPS) is 32.1. The van der Waals surface area contributed by atoms with Crippen molar-refractivity contribution >= 4 is 11.9 Å². The fraction of sp³-hybridized carbons (Fsp3) is 0.625. The number of hydrogen-bond donors (Lipinski definition) is 2. The molecule has 0 aromatic carbocycles. The van der Waals surface area contributed by atoms with E-state index >= 15 is 0 Å². The van der Waals surface area contributed by atoms with Crippen molar-refractivity contribution in [1.82, 2.24) is 5.32 Å². The second kappa shape index (κ2) is 6.55. The second-order valence-corrected chi connectivity index (χ2v) is 6.79. The molecule has 3 unspecified atom stereocenters. The number of aliphatic imine (C=N–C) groups is 1. The van der Waals surface area contributed by atoms with Crippen LogP contribution in [0.2, 0.25) is 0 Å². The fourth-order valence-electron chi connectivity index (χ4n) is 3.18. The van der Waals surface area contributed by atoms with E-state index in [1.165, 1.54) is 6.08 Å². The highest BCUT2D eigenvalue weighted by Gasteiger charge is 2.54. The number of nitrogens with one attached hydrogen (secondary N) is 1. The second-order valence-electron chi connectivity index (χ2n) is 6.79. The van der Waals surface area contributed by atoms with Crippen LogP contribution in [-0.2, 0) is 9.53 Å². The predicted octanol–water partition coefficient (Wildman–Crippen LogP) is 2.44. The maximum atomic E-state index is 14.4. The van der Waals surface area contributed by atoms with Crippen molar-refractivity contribution in [2.24, 2.45) is 16.6 Å². The molecule has 0 radical (unpaired) electrons. The third-order valence-electron chi connectivity index (χ3n) is 4.78. The van der Waals surface area contributed by atoms with Crippen molar-refractivity contribution in [2.45, 2.75) is 49.5 Å². The largest absolute Gasteiger partial charge is 0.452 e. The zero-order valence-electron chi connectivity index (χ0n) is 13.7. The van der Waals surface area contributed by atoms with Crippen LogP contribution in [0.5, 0.6) is 0 Å². The molecule has 2 aliphatic carbocycles. The molecule has 26 heavy (non-hydrogen) atoms. The molecular weight excluding hydrogens is 361 g/mol. The number of carbonyl (C=O) groups excluding carboxylic acids is 1. The van der Waals surface area contributed by atoms with Crippen LogP contribution in [-0.4, -0.2) is 42.5 Å². The Bertz CT molecular complexity index is 684. The van der Waals surface area contributed by atoms with E-state index in [1.54, 1.807) is 0 Å². The summed E-state index contributed by atoms with van der Waals surface area (Å²) in [5, 5.41) is 2.72. The number of nitrogens with zero attached hydrogens (tertiary/aromatic N) is 1. The summed E-state index contributed by atoms with van der Waals surface area (Å²) < 4.78 is 72.0. The number of alkyl halides is 4. The Morgan fingerprint density at radius 3 is 2.65 bits per heavy atom. The summed E-state index contributed by atoms with van der Waals surface area (Å²) in [6.07, 6.45) is -4.49. The summed E-state index contributed by atoms with van der Waals surface area (Å²) in [4.78, 5) is 15.9. The van der Waals surface area contributed by atoms with Gasteiger partial charge in [0, 0.05) is 24.0 Å². The molecule has 0 aromatic heterocycles. The molecule has 3 aliphatic rings. The van der Waals surface area contributed by atoms with Gasteiger partial charge in [-0.15, -0.1) is 0 Å². The maximum Gasteiger partial charge on any atom is 0.425 e. The van der Waals surface area contributed by atoms with Gasteiger partial charge < -0.3 is 15.8 Å². The Hall–Kier alpha value is -2.13. The lowest BCUT2D eigenvalue weighted by molar-refractivity contribution is -0.210. The number of rotatable bonds is 4. The summed E-state index contributed by atoms with van der Waals surface area (Å²) >= 11 is 0. The number of amides is 1. The monoisotopic (exact) mass is 379 g/mol. The molecule has 1 saturated carbocycles. The molecule has 0 spiro atoms. The van der Waals surface area contributed by atoms with Gasteiger partial charge in [-0.1, -0.05) is 6.08 Å². The van der Waals surface area contributed by atoms with Gasteiger partial charge in [0.05, 0.1) is 0 Å². The van der Waals surface area contributed by atoms with E-state index in [2.05, 4.69) is 15.0 Å². The first-order chi connectivity index (χ1) is 12.1. The summed E-state index contributed by atoms with van der Waals surface area (Å²) in [5.74, 6) is -2.65. The van der Waals surface area contributed by atoms with E-state index < -0.39 is 54.6 Å². The molecule has 1 heterocycles. The van der Waals surface area contributed by atoms with Crippen molar-refractivity contribution in [3.8, 4) is 0 Å². The maximum absolute atomic E-state index is 14.4. The fourth-order valence-corrected chi connectivity index (χ4v) is 3.18. The smallest absolute Gasteiger partial charge is 0.425 e. The van der Waals surface area contributed by atoms with E-state index in [0.29, 0.717) is 0 Å². The first kappa shape index (κ1) is 18.7. The zero-order valence-corrected chi connectivity index (χ0v) is 13.7. The highest BCUT2D eigenvalue weighted by molar-refractivity contribution is 5.94. The summed E-state index contributed by atoms with van der Waals surface area (Å²) in [6.45, 7) is -1.37. The van der Waals surface area contributed by atoms with Crippen molar-refractivity contribution in [2.75, 3.05) is 6.67 Å². The Morgan fingerprint density at radius 2 is 2.08 bits per heavy atom. The molecule has 3 N–H and O–H groups in total. The number of hydrogen-bond acceptors (Lipinski definition) is 4. The van der Waals surface area contributed by atoms with Crippen LogP contribution >= 0.6 is 0 Å². The molecule has 1 aliphatic heterocycles. The minimum Gasteiger partial charge on any atom is -0.452 e. The molecule has 0 bridgehead atoms. The summed E-state index contributed by atoms with van der Waals surface area (Å²) in [7, 11) is 0. The van der Waals surface area contributed by atoms with Crippen LogP contribution in [0.25, 0.3) is 0 Å². The minimum atomic E-state index is -4.81. The van der Waals surface area contributed by atoms with E-state index in [0.717, 1.165) is 18.9 Å². The third-order valence-corrected chi connectivity index (χ3v) is 4.78. The highest BCUT2D eigenvalue weighted by Crippen LogP contribution is 2.45. The van der Waals surface area contributed by atoms with Crippen molar-refractivity contribution in [1.29, 1.82) is 0 Å². The average Bonchev–Trinajstić information content (AvgIpc) is 3.37. The van der Waals surface area contributed by atoms with Gasteiger partial charge in [0.1, 0.15) is 18.0 Å². The topological polar surface area (TPSA) is 76.7 Å². The standard InChI is InChI=1S/C16H18F5N3O2/c17-7-15(6-12(16(19,20)21)26-14(22)24-15)10-5-8(1-4-11(10)18)13(25)23-9-2-3-9/h1,4,9-10,12H,2-3,5-7H2,(H2,22,24)(H,23,25). The lowest BCUT2D eigenvalue weighted by Gasteiger charge is -2.41. The summed E-state index contributed by atoms with van der Waals surface area (Å²) in [6, 6.07) is -0.790.